The summed E-state index contributed by atoms with van der Waals surface area (Å²) in [7, 11) is 0. The number of Topliss-reactive ketones (excluding diaryl/α,β-unsaturated/α-hetero) is 1. The van der Waals surface area contributed by atoms with E-state index in [1.54, 1.807) is 24.3 Å². The van der Waals surface area contributed by atoms with Gasteiger partial charge in [-0.1, -0.05) is 12.1 Å². The quantitative estimate of drug-likeness (QED) is 0.602. The van der Waals surface area contributed by atoms with E-state index in [-0.39, 0.29) is 24.7 Å². The predicted molar refractivity (Wildman–Crippen MR) is 73.8 cm³/mol. The fourth-order valence-electron chi connectivity index (χ4n) is 1.81. The number of carbonyl (C=O) groups is 1. The molecule has 0 aromatic heterocycles. The maximum absolute atomic E-state index is 13.0. The maximum atomic E-state index is 13.0. The second-order valence-corrected chi connectivity index (χ2v) is 4.35. The van der Waals surface area contributed by atoms with E-state index in [0.717, 1.165) is 18.2 Å². The molecule has 21 heavy (non-hydrogen) atoms. The zero-order valence-electron chi connectivity index (χ0n) is 11.4. The van der Waals surface area contributed by atoms with Crippen molar-refractivity contribution in [3.8, 4) is 11.5 Å². The third-order valence-electron chi connectivity index (χ3n) is 2.71. The summed E-state index contributed by atoms with van der Waals surface area (Å²) < 4.78 is 36.6. The molecule has 2 aromatic rings. The molecule has 2 aromatic carbocycles. The second kappa shape index (κ2) is 6.83. The average Bonchev–Trinajstić information content (AvgIpc) is 2.43. The standard InChI is InChI=1S/C16H14F2O3/c1-11(19)15-4-2-3-5-16(15)21-7-6-20-14-9-12(17)8-13(18)10-14/h2-5,8-10H,6-7H2,1H3. The predicted octanol–water partition coefficient (Wildman–Crippen LogP) is 3.63. The molecule has 0 saturated heterocycles. The number of halogens is 2. The van der Waals surface area contributed by atoms with Crippen molar-refractivity contribution in [3.63, 3.8) is 0 Å². The van der Waals surface area contributed by atoms with Gasteiger partial charge in [0.2, 0.25) is 0 Å². The zero-order chi connectivity index (χ0) is 15.2. The summed E-state index contributed by atoms with van der Waals surface area (Å²) in [4.78, 5) is 11.4. The molecule has 0 fully saturated rings. The van der Waals surface area contributed by atoms with E-state index in [1.807, 2.05) is 0 Å². The topological polar surface area (TPSA) is 35.5 Å². The lowest BCUT2D eigenvalue weighted by Gasteiger charge is -2.10. The van der Waals surface area contributed by atoms with Crippen molar-refractivity contribution in [1.29, 1.82) is 0 Å². The smallest absolute Gasteiger partial charge is 0.163 e. The van der Waals surface area contributed by atoms with Gasteiger partial charge in [-0.2, -0.15) is 0 Å². The highest BCUT2D eigenvalue weighted by molar-refractivity contribution is 5.96. The van der Waals surface area contributed by atoms with Gasteiger partial charge in [-0.15, -0.1) is 0 Å². The van der Waals surface area contributed by atoms with Crippen molar-refractivity contribution >= 4 is 5.78 Å². The van der Waals surface area contributed by atoms with Crippen molar-refractivity contribution in [3.05, 3.63) is 59.7 Å². The summed E-state index contributed by atoms with van der Waals surface area (Å²) in [6.45, 7) is 1.71. The average molecular weight is 292 g/mol. The van der Waals surface area contributed by atoms with E-state index in [9.17, 15) is 13.6 Å². The van der Waals surface area contributed by atoms with Gasteiger partial charge in [-0.05, 0) is 19.1 Å². The summed E-state index contributed by atoms with van der Waals surface area (Å²) in [5.41, 5.74) is 0.481. The number of ketones is 1. The third kappa shape index (κ3) is 4.27. The van der Waals surface area contributed by atoms with Gasteiger partial charge in [0.1, 0.15) is 36.3 Å². The SMILES string of the molecule is CC(=O)c1ccccc1OCCOc1cc(F)cc(F)c1. The van der Waals surface area contributed by atoms with Crippen molar-refractivity contribution < 1.29 is 23.0 Å². The fraction of sp³-hybridized carbons (Fsp3) is 0.188. The molecule has 0 atom stereocenters. The van der Waals surface area contributed by atoms with Gasteiger partial charge >= 0.3 is 0 Å². The molecule has 0 aliphatic rings. The molecule has 0 aliphatic carbocycles. The molecule has 0 spiro atoms. The molecular weight excluding hydrogens is 278 g/mol. The first-order valence-corrected chi connectivity index (χ1v) is 6.38. The van der Waals surface area contributed by atoms with Gasteiger partial charge in [0.25, 0.3) is 0 Å². The lowest BCUT2D eigenvalue weighted by molar-refractivity contribution is 0.101. The Morgan fingerprint density at radius 3 is 2.29 bits per heavy atom. The zero-order valence-corrected chi connectivity index (χ0v) is 11.4. The first kappa shape index (κ1) is 15.0. The summed E-state index contributed by atoms with van der Waals surface area (Å²) in [6, 6.07) is 9.80. The van der Waals surface area contributed by atoms with Gasteiger partial charge in [-0.25, -0.2) is 8.78 Å². The normalized spacial score (nSPS) is 10.2. The molecule has 3 nitrogen and oxygen atoms in total. The molecule has 0 N–H and O–H groups in total. The second-order valence-electron chi connectivity index (χ2n) is 4.35. The van der Waals surface area contributed by atoms with Crippen LogP contribution in [0, 0.1) is 11.6 Å². The summed E-state index contributed by atoms with van der Waals surface area (Å²) in [6.07, 6.45) is 0. The van der Waals surface area contributed by atoms with E-state index in [2.05, 4.69) is 0 Å². The number of hydrogen-bond acceptors (Lipinski definition) is 3. The Labute approximate surface area is 121 Å². The van der Waals surface area contributed by atoms with Crippen molar-refractivity contribution in [2.24, 2.45) is 0 Å². The van der Waals surface area contributed by atoms with Crippen molar-refractivity contribution in [1.82, 2.24) is 0 Å². The highest BCUT2D eigenvalue weighted by Crippen LogP contribution is 2.19. The summed E-state index contributed by atoms with van der Waals surface area (Å²) in [5.74, 6) is -0.950. The van der Waals surface area contributed by atoms with E-state index < -0.39 is 11.6 Å². The van der Waals surface area contributed by atoms with Gasteiger partial charge in [0.05, 0.1) is 5.56 Å². The molecule has 110 valence electrons. The van der Waals surface area contributed by atoms with E-state index in [0.29, 0.717) is 11.3 Å². The van der Waals surface area contributed by atoms with Crippen molar-refractivity contribution in [2.75, 3.05) is 13.2 Å². The minimum absolute atomic E-state index is 0.0935. The third-order valence-corrected chi connectivity index (χ3v) is 2.71. The molecule has 0 amide bonds. The summed E-state index contributed by atoms with van der Waals surface area (Å²) >= 11 is 0. The van der Waals surface area contributed by atoms with E-state index >= 15 is 0 Å². The van der Waals surface area contributed by atoms with Crippen LogP contribution < -0.4 is 9.47 Å². The Hall–Kier alpha value is -2.43. The molecular formula is C16H14F2O3. The fourth-order valence-corrected chi connectivity index (χ4v) is 1.81. The number of para-hydroxylation sites is 1. The molecule has 0 aliphatic heterocycles. The molecule has 0 heterocycles. The van der Waals surface area contributed by atoms with Crippen LogP contribution in [0.3, 0.4) is 0 Å². The Morgan fingerprint density at radius 1 is 1.00 bits per heavy atom. The Bertz CT molecular complexity index is 621. The first-order valence-electron chi connectivity index (χ1n) is 6.38. The lowest BCUT2D eigenvalue weighted by Crippen LogP contribution is -2.11. The van der Waals surface area contributed by atoms with Gasteiger partial charge in [-0.3, -0.25) is 4.79 Å². The van der Waals surface area contributed by atoms with Crippen LogP contribution in [0.4, 0.5) is 8.78 Å². The summed E-state index contributed by atoms with van der Waals surface area (Å²) in [5, 5.41) is 0. The number of rotatable bonds is 6. The Kier molecular flexibility index (Phi) is 4.87. The van der Waals surface area contributed by atoms with Crippen LogP contribution in [0.25, 0.3) is 0 Å². The van der Waals surface area contributed by atoms with Gasteiger partial charge in [0, 0.05) is 18.2 Å². The molecule has 2 rings (SSSR count). The first-order chi connectivity index (χ1) is 10.1. The minimum atomic E-state index is -0.701. The largest absolute Gasteiger partial charge is 0.490 e. The van der Waals surface area contributed by atoms with Crippen LogP contribution in [0.5, 0.6) is 11.5 Å². The van der Waals surface area contributed by atoms with Crippen LogP contribution in [0.1, 0.15) is 17.3 Å². The highest BCUT2D eigenvalue weighted by Gasteiger charge is 2.07. The Balaban J connectivity index is 1.89. The van der Waals surface area contributed by atoms with Crippen LogP contribution in [-0.2, 0) is 0 Å². The van der Waals surface area contributed by atoms with Crippen LogP contribution >= 0.6 is 0 Å². The van der Waals surface area contributed by atoms with Crippen LogP contribution in [0.15, 0.2) is 42.5 Å². The molecule has 0 unspecified atom stereocenters. The van der Waals surface area contributed by atoms with E-state index in [1.165, 1.54) is 6.92 Å². The lowest BCUT2D eigenvalue weighted by atomic mass is 10.1. The highest BCUT2D eigenvalue weighted by atomic mass is 19.1. The van der Waals surface area contributed by atoms with Gasteiger partial charge < -0.3 is 9.47 Å². The number of ether oxygens (including phenoxy) is 2. The minimum Gasteiger partial charge on any atom is -0.490 e. The molecule has 0 radical (unpaired) electrons. The molecule has 0 bridgehead atoms. The number of carbonyl (C=O) groups excluding carboxylic acids is 1. The van der Waals surface area contributed by atoms with Gasteiger partial charge in [0.15, 0.2) is 5.78 Å². The van der Waals surface area contributed by atoms with Crippen molar-refractivity contribution in [2.45, 2.75) is 6.92 Å². The number of benzene rings is 2. The van der Waals surface area contributed by atoms with Crippen LogP contribution in [0.2, 0.25) is 0 Å². The molecule has 5 heteroatoms. The van der Waals surface area contributed by atoms with E-state index in [4.69, 9.17) is 9.47 Å². The Morgan fingerprint density at radius 2 is 1.62 bits per heavy atom. The number of hydrogen-bond donors (Lipinski definition) is 0. The monoisotopic (exact) mass is 292 g/mol. The van der Waals surface area contributed by atoms with Crippen LogP contribution in [-0.4, -0.2) is 19.0 Å². The maximum Gasteiger partial charge on any atom is 0.163 e. The molecule has 0 saturated carbocycles.